The average Bonchev–Trinajstić information content (AvgIpc) is 2.58. The van der Waals surface area contributed by atoms with E-state index in [-0.39, 0.29) is 5.52 Å². The SMILES string of the molecule is CCCCP(=O)(C(=O)c1c(C)cc(C)c(C)c1C)c1ccccc1. The Hall–Kier alpha value is -1.66. The summed E-state index contributed by atoms with van der Waals surface area (Å²) in [5, 5.41) is 0.681. The van der Waals surface area contributed by atoms with E-state index < -0.39 is 7.14 Å². The summed E-state index contributed by atoms with van der Waals surface area (Å²) in [5.41, 5.74) is 4.64. The number of carbonyl (C=O) groups is 1. The minimum absolute atomic E-state index is 0.180. The van der Waals surface area contributed by atoms with Gasteiger partial charge in [-0.25, -0.2) is 0 Å². The maximum Gasteiger partial charge on any atom is 0.226 e. The Kier molecular flexibility index (Phi) is 5.83. The fraction of sp³-hybridized carbons (Fsp3) is 0.381. The van der Waals surface area contributed by atoms with Crippen molar-refractivity contribution in [3.8, 4) is 0 Å². The van der Waals surface area contributed by atoms with E-state index >= 15 is 0 Å². The van der Waals surface area contributed by atoms with Crippen LogP contribution < -0.4 is 5.30 Å². The molecule has 0 saturated heterocycles. The van der Waals surface area contributed by atoms with Gasteiger partial charge in [0, 0.05) is 17.0 Å². The van der Waals surface area contributed by atoms with Gasteiger partial charge in [-0.05, 0) is 56.4 Å². The van der Waals surface area contributed by atoms with E-state index in [0.717, 1.165) is 29.5 Å². The molecule has 0 radical (unpaired) electrons. The first kappa shape index (κ1) is 18.7. The van der Waals surface area contributed by atoms with E-state index in [1.807, 2.05) is 57.2 Å². The number of hydrogen-bond donors (Lipinski definition) is 0. The highest BCUT2D eigenvalue weighted by molar-refractivity contribution is 7.87. The monoisotopic (exact) mass is 342 g/mol. The number of benzene rings is 2. The number of hydrogen-bond acceptors (Lipinski definition) is 2. The van der Waals surface area contributed by atoms with E-state index in [4.69, 9.17) is 0 Å². The van der Waals surface area contributed by atoms with Crippen molar-refractivity contribution in [2.45, 2.75) is 47.5 Å². The van der Waals surface area contributed by atoms with Gasteiger partial charge in [0.1, 0.15) is 0 Å². The molecule has 3 heteroatoms. The maximum absolute atomic E-state index is 13.8. The second-order valence-electron chi connectivity index (χ2n) is 6.59. The molecule has 2 nitrogen and oxygen atoms in total. The average molecular weight is 342 g/mol. The smallest absolute Gasteiger partial charge is 0.226 e. The molecule has 0 aliphatic carbocycles. The third-order valence-corrected chi connectivity index (χ3v) is 7.86. The predicted octanol–water partition coefficient (Wildman–Crippen LogP) is 5.55. The molecule has 0 aromatic heterocycles. The first-order chi connectivity index (χ1) is 11.3. The van der Waals surface area contributed by atoms with Crippen LogP contribution in [0.5, 0.6) is 0 Å². The summed E-state index contributed by atoms with van der Waals surface area (Å²) in [6.07, 6.45) is 2.16. The molecule has 0 fully saturated rings. The Labute approximate surface area is 145 Å². The maximum atomic E-state index is 13.8. The topological polar surface area (TPSA) is 34.1 Å². The summed E-state index contributed by atoms with van der Waals surface area (Å²) < 4.78 is 13.8. The molecule has 2 rings (SSSR count). The van der Waals surface area contributed by atoms with Gasteiger partial charge in [-0.3, -0.25) is 4.79 Å². The minimum atomic E-state index is -3.13. The van der Waals surface area contributed by atoms with Gasteiger partial charge < -0.3 is 4.57 Å². The largest absolute Gasteiger partial charge is 0.310 e. The molecule has 2 aromatic carbocycles. The molecule has 0 spiro atoms. The molecule has 1 unspecified atom stereocenters. The second kappa shape index (κ2) is 7.49. The fourth-order valence-electron chi connectivity index (χ4n) is 3.19. The van der Waals surface area contributed by atoms with Crippen molar-refractivity contribution >= 4 is 18.0 Å². The molecule has 0 aliphatic rings. The van der Waals surface area contributed by atoms with Crippen molar-refractivity contribution in [3.63, 3.8) is 0 Å². The Balaban J connectivity index is 2.63. The highest BCUT2D eigenvalue weighted by Gasteiger charge is 2.35. The van der Waals surface area contributed by atoms with Crippen LogP contribution in [0.1, 0.15) is 52.4 Å². The Morgan fingerprint density at radius 1 is 0.958 bits per heavy atom. The van der Waals surface area contributed by atoms with E-state index in [2.05, 4.69) is 13.8 Å². The molecule has 2 aromatic rings. The zero-order chi connectivity index (χ0) is 17.9. The van der Waals surface area contributed by atoms with Crippen LogP contribution in [0.25, 0.3) is 0 Å². The highest BCUT2D eigenvalue weighted by Crippen LogP contribution is 2.49. The van der Waals surface area contributed by atoms with Gasteiger partial charge in [0.2, 0.25) is 5.52 Å². The molecule has 0 saturated carbocycles. The molecule has 0 aliphatic heterocycles. The van der Waals surface area contributed by atoms with Crippen molar-refractivity contribution in [2.75, 3.05) is 6.16 Å². The number of rotatable bonds is 6. The van der Waals surface area contributed by atoms with Crippen LogP contribution in [-0.4, -0.2) is 11.7 Å². The summed E-state index contributed by atoms with van der Waals surface area (Å²) in [7, 11) is -3.13. The third kappa shape index (κ3) is 3.39. The van der Waals surface area contributed by atoms with Gasteiger partial charge in [0.05, 0.1) is 0 Å². The fourth-order valence-corrected chi connectivity index (χ4v) is 6.01. The van der Waals surface area contributed by atoms with Gasteiger partial charge in [-0.2, -0.15) is 0 Å². The Bertz CT molecular complexity index is 791. The molecular weight excluding hydrogens is 315 g/mol. The van der Waals surface area contributed by atoms with Crippen molar-refractivity contribution in [2.24, 2.45) is 0 Å². The van der Waals surface area contributed by atoms with Crippen LogP contribution in [-0.2, 0) is 4.57 Å². The molecule has 128 valence electrons. The molecule has 1 atom stereocenters. The van der Waals surface area contributed by atoms with E-state index in [9.17, 15) is 9.36 Å². The molecular formula is C21H27O2P. The molecule has 24 heavy (non-hydrogen) atoms. The summed E-state index contributed by atoms with van der Waals surface area (Å²) in [5.74, 6) is 0. The van der Waals surface area contributed by atoms with Crippen molar-refractivity contribution in [3.05, 3.63) is 64.2 Å². The van der Waals surface area contributed by atoms with Gasteiger partial charge in [-0.1, -0.05) is 49.7 Å². The van der Waals surface area contributed by atoms with Crippen LogP contribution in [0.3, 0.4) is 0 Å². The summed E-state index contributed by atoms with van der Waals surface area (Å²) in [4.78, 5) is 13.4. The minimum Gasteiger partial charge on any atom is -0.310 e. The lowest BCUT2D eigenvalue weighted by Crippen LogP contribution is -2.18. The normalized spacial score (nSPS) is 13.5. The lowest BCUT2D eigenvalue weighted by Gasteiger charge is -2.21. The van der Waals surface area contributed by atoms with E-state index in [1.54, 1.807) is 0 Å². The van der Waals surface area contributed by atoms with Gasteiger partial charge >= 0.3 is 0 Å². The van der Waals surface area contributed by atoms with Crippen molar-refractivity contribution < 1.29 is 9.36 Å². The number of carbonyl (C=O) groups excluding carboxylic acids is 1. The Morgan fingerprint density at radius 3 is 2.17 bits per heavy atom. The van der Waals surface area contributed by atoms with Crippen LogP contribution in [0.15, 0.2) is 36.4 Å². The van der Waals surface area contributed by atoms with Crippen molar-refractivity contribution in [1.29, 1.82) is 0 Å². The number of aryl methyl sites for hydroxylation is 2. The van der Waals surface area contributed by atoms with Crippen LogP contribution in [0.4, 0.5) is 0 Å². The van der Waals surface area contributed by atoms with Crippen LogP contribution in [0, 0.1) is 27.7 Å². The van der Waals surface area contributed by atoms with E-state index in [1.165, 1.54) is 5.56 Å². The molecule has 0 amide bonds. The van der Waals surface area contributed by atoms with Crippen LogP contribution in [0.2, 0.25) is 0 Å². The summed E-state index contributed by atoms with van der Waals surface area (Å²) in [6.45, 7) is 10.1. The second-order valence-corrected chi connectivity index (χ2v) is 9.44. The highest BCUT2D eigenvalue weighted by atomic mass is 31.2. The molecule has 0 heterocycles. The lowest BCUT2D eigenvalue weighted by molar-refractivity contribution is 0.107. The zero-order valence-electron chi connectivity index (χ0n) is 15.3. The van der Waals surface area contributed by atoms with Crippen molar-refractivity contribution in [1.82, 2.24) is 0 Å². The van der Waals surface area contributed by atoms with Gasteiger partial charge in [-0.15, -0.1) is 0 Å². The standard InChI is InChI=1S/C21H27O2P/c1-6-7-13-24(23,19-11-9-8-10-12-19)21(22)20-16(3)14-15(2)17(4)18(20)5/h8-12,14H,6-7,13H2,1-5H3. The number of unbranched alkanes of at least 4 members (excludes halogenated alkanes) is 1. The molecule has 0 N–H and O–H groups in total. The van der Waals surface area contributed by atoms with E-state index in [0.29, 0.717) is 17.0 Å². The van der Waals surface area contributed by atoms with Gasteiger partial charge in [0.15, 0.2) is 7.14 Å². The quantitative estimate of drug-likeness (QED) is 0.645. The van der Waals surface area contributed by atoms with Gasteiger partial charge in [0.25, 0.3) is 0 Å². The summed E-state index contributed by atoms with van der Waals surface area (Å²) in [6, 6.07) is 11.3. The summed E-state index contributed by atoms with van der Waals surface area (Å²) >= 11 is 0. The zero-order valence-corrected chi connectivity index (χ0v) is 16.2. The first-order valence-electron chi connectivity index (χ1n) is 8.60. The lowest BCUT2D eigenvalue weighted by atomic mass is 9.95. The first-order valence-corrected chi connectivity index (χ1v) is 10.5. The third-order valence-electron chi connectivity index (χ3n) is 4.90. The predicted molar refractivity (Wildman–Crippen MR) is 103 cm³/mol. The molecule has 0 bridgehead atoms. The Morgan fingerprint density at radius 2 is 1.58 bits per heavy atom. The van der Waals surface area contributed by atoms with Crippen LogP contribution >= 0.6 is 7.14 Å².